The fraction of sp³-hybridized carbons (Fsp3) is 0.333. The van der Waals surface area contributed by atoms with E-state index in [4.69, 9.17) is 0 Å². The first-order valence-corrected chi connectivity index (χ1v) is 8.07. The van der Waals surface area contributed by atoms with E-state index >= 15 is 0 Å². The number of nitrogens with one attached hydrogen (secondary N) is 1. The van der Waals surface area contributed by atoms with Crippen LogP contribution in [0.5, 0.6) is 0 Å². The van der Waals surface area contributed by atoms with Gasteiger partial charge in [0.15, 0.2) is 0 Å². The first kappa shape index (κ1) is 16.1. The summed E-state index contributed by atoms with van der Waals surface area (Å²) in [4.78, 5) is 1.73. The predicted octanol–water partition coefficient (Wildman–Crippen LogP) is 5.38. The molecule has 0 radical (unpaired) electrons. The Morgan fingerprint density at radius 2 is 1.57 bits per heavy atom. The molecule has 2 aromatic carbocycles. The third-order valence-electron chi connectivity index (χ3n) is 3.66. The van der Waals surface area contributed by atoms with Crippen LogP contribution in [0.2, 0.25) is 0 Å². The summed E-state index contributed by atoms with van der Waals surface area (Å²) in [6, 6.07) is 14.0. The molecular weight excluding hydrogens is 281 g/mol. The number of halogens is 1. The van der Waals surface area contributed by atoms with Crippen molar-refractivity contribution >= 4 is 11.8 Å². The van der Waals surface area contributed by atoms with Crippen LogP contribution < -0.4 is 5.32 Å². The second kappa shape index (κ2) is 7.10. The van der Waals surface area contributed by atoms with E-state index in [1.165, 1.54) is 17.3 Å². The van der Waals surface area contributed by atoms with E-state index in [0.29, 0.717) is 10.8 Å². The summed E-state index contributed by atoms with van der Waals surface area (Å²) in [5, 5.41) is 3.12. The average molecular weight is 303 g/mol. The quantitative estimate of drug-likeness (QED) is 0.795. The molecule has 0 unspecified atom stereocenters. The summed E-state index contributed by atoms with van der Waals surface area (Å²) < 4.78 is 14.2. The lowest BCUT2D eigenvalue weighted by Crippen LogP contribution is -2.12. The molecule has 0 saturated heterocycles. The molecule has 0 amide bonds. The van der Waals surface area contributed by atoms with Crippen molar-refractivity contribution in [2.45, 2.75) is 42.5 Å². The zero-order chi connectivity index (χ0) is 15.4. The van der Waals surface area contributed by atoms with Gasteiger partial charge in [0.25, 0.3) is 0 Å². The van der Waals surface area contributed by atoms with Crippen LogP contribution in [0.25, 0.3) is 0 Å². The molecule has 0 spiro atoms. The molecule has 0 fully saturated rings. The number of benzene rings is 2. The third kappa shape index (κ3) is 4.08. The fourth-order valence-electron chi connectivity index (χ4n) is 2.08. The van der Waals surface area contributed by atoms with Gasteiger partial charge in [-0.15, -0.1) is 0 Å². The molecule has 0 bridgehead atoms. The third-order valence-corrected chi connectivity index (χ3v) is 4.72. The van der Waals surface area contributed by atoms with Crippen molar-refractivity contribution in [3.05, 3.63) is 59.4 Å². The van der Waals surface area contributed by atoms with E-state index in [1.54, 1.807) is 6.07 Å². The van der Waals surface area contributed by atoms with Crippen LogP contribution in [-0.2, 0) is 0 Å². The van der Waals surface area contributed by atoms with E-state index in [0.717, 1.165) is 10.5 Å². The highest BCUT2D eigenvalue weighted by molar-refractivity contribution is 7.99. The lowest BCUT2D eigenvalue weighted by Gasteiger charge is -2.12. The van der Waals surface area contributed by atoms with E-state index < -0.39 is 0 Å². The lowest BCUT2D eigenvalue weighted by molar-refractivity contribution is 0.587. The summed E-state index contributed by atoms with van der Waals surface area (Å²) in [5.74, 6) is 0.357. The highest BCUT2D eigenvalue weighted by atomic mass is 32.2. The highest BCUT2D eigenvalue weighted by Crippen LogP contribution is 2.32. The van der Waals surface area contributed by atoms with Crippen LogP contribution >= 0.6 is 11.8 Å². The summed E-state index contributed by atoms with van der Waals surface area (Å²) in [7, 11) is 1.88. The Kier molecular flexibility index (Phi) is 5.43. The number of rotatable bonds is 5. The topological polar surface area (TPSA) is 12.0 Å². The van der Waals surface area contributed by atoms with Gasteiger partial charge in [-0.05, 0) is 55.3 Å². The van der Waals surface area contributed by atoms with Crippen molar-refractivity contribution in [1.82, 2.24) is 5.32 Å². The zero-order valence-corrected chi connectivity index (χ0v) is 13.8. The SMILES string of the molecule is CN[C@@H](C)c1ccc(Sc2ccc(C(C)C)cc2)c(F)c1. The Morgan fingerprint density at radius 3 is 2.10 bits per heavy atom. The monoisotopic (exact) mass is 303 g/mol. The molecule has 0 heterocycles. The summed E-state index contributed by atoms with van der Waals surface area (Å²) >= 11 is 1.47. The van der Waals surface area contributed by atoms with E-state index in [-0.39, 0.29) is 11.9 Å². The van der Waals surface area contributed by atoms with E-state index in [2.05, 4.69) is 43.4 Å². The lowest BCUT2D eigenvalue weighted by atomic mass is 10.0. The first-order chi connectivity index (χ1) is 10.0. The van der Waals surface area contributed by atoms with Gasteiger partial charge >= 0.3 is 0 Å². The van der Waals surface area contributed by atoms with Crippen molar-refractivity contribution < 1.29 is 4.39 Å². The van der Waals surface area contributed by atoms with Crippen molar-refractivity contribution in [1.29, 1.82) is 0 Å². The molecule has 0 saturated carbocycles. The van der Waals surface area contributed by atoms with Crippen LogP contribution in [0.1, 0.15) is 43.9 Å². The Labute approximate surface area is 131 Å². The molecule has 1 atom stereocenters. The maximum Gasteiger partial charge on any atom is 0.137 e. The van der Waals surface area contributed by atoms with Crippen molar-refractivity contribution in [3.8, 4) is 0 Å². The molecule has 1 N–H and O–H groups in total. The minimum Gasteiger partial charge on any atom is -0.313 e. The Morgan fingerprint density at radius 1 is 0.952 bits per heavy atom. The Balaban J connectivity index is 2.16. The van der Waals surface area contributed by atoms with Crippen molar-refractivity contribution in [3.63, 3.8) is 0 Å². The van der Waals surface area contributed by atoms with Crippen LogP contribution in [0.4, 0.5) is 4.39 Å². The van der Waals surface area contributed by atoms with Crippen LogP contribution in [0.3, 0.4) is 0 Å². The molecule has 112 valence electrons. The summed E-state index contributed by atoms with van der Waals surface area (Å²) in [6.07, 6.45) is 0. The van der Waals surface area contributed by atoms with Gasteiger partial charge in [-0.25, -0.2) is 4.39 Å². The van der Waals surface area contributed by atoms with Crippen molar-refractivity contribution in [2.24, 2.45) is 0 Å². The second-order valence-electron chi connectivity index (χ2n) is 5.53. The Bertz CT molecular complexity index is 593. The largest absolute Gasteiger partial charge is 0.313 e. The standard InChI is InChI=1S/C18H22FNS/c1-12(2)14-5-8-16(9-6-14)21-18-10-7-15(11-17(18)19)13(3)20-4/h5-13,20H,1-4H3/t13-/m0/s1. The van der Waals surface area contributed by atoms with Gasteiger partial charge in [0.2, 0.25) is 0 Å². The van der Waals surface area contributed by atoms with Gasteiger partial charge in [0.1, 0.15) is 5.82 Å². The van der Waals surface area contributed by atoms with Crippen molar-refractivity contribution in [2.75, 3.05) is 7.05 Å². The first-order valence-electron chi connectivity index (χ1n) is 7.25. The molecule has 0 aliphatic rings. The predicted molar refractivity (Wildman–Crippen MR) is 88.5 cm³/mol. The molecule has 21 heavy (non-hydrogen) atoms. The summed E-state index contributed by atoms with van der Waals surface area (Å²) in [6.45, 7) is 6.36. The van der Waals surface area contributed by atoms with Gasteiger partial charge < -0.3 is 5.32 Å². The molecule has 1 nitrogen and oxygen atoms in total. The molecule has 3 heteroatoms. The van der Waals surface area contributed by atoms with Gasteiger partial charge in [-0.1, -0.05) is 43.8 Å². The van der Waals surface area contributed by atoms with Gasteiger partial charge in [0, 0.05) is 15.8 Å². The number of hydrogen-bond acceptors (Lipinski definition) is 2. The molecule has 0 aromatic heterocycles. The van der Waals surface area contributed by atoms with Gasteiger partial charge in [-0.2, -0.15) is 0 Å². The zero-order valence-electron chi connectivity index (χ0n) is 13.0. The van der Waals surface area contributed by atoms with Gasteiger partial charge in [-0.3, -0.25) is 0 Å². The number of hydrogen-bond donors (Lipinski definition) is 1. The van der Waals surface area contributed by atoms with Crippen LogP contribution in [0.15, 0.2) is 52.3 Å². The maximum absolute atomic E-state index is 14.2. The highest BCUT2D eigenvalue weighted by Gasteiger charge is 2.09. The second-order valence-corrected chi connectivity index (χ2v) is 6.64. The van der Waals surface area contributed by atoms with E-state index in [9.17, 15) is 4.39 Å². The minimum atomic E-state index is -0.160. The maximum atomic E-state index is 14.2. The molecule has 0 aliphatic heterocycles. The molecular formula is C18H22FNS. The molecule has 2 rings (SSSR count). The Hall–Kier alpha value is -1.32. The van der Waals surface area contributed by atoms with Crippen LogP contribution in [-0.4, -0.2) is 7.05 Å². The smallest absolute Gasteiger partial charge is 0.137 e. The summed E-state index contributed by atoms with van der Waals surface area (Å²) in [5.41, 5.74) is 2.27. The normalized spacial score (nSPS) is 12.7. The molecule has 0 aliphatic carbocycles. The average Bonchev–Trinajstić information content (AvgIpc) is 2.49. The fourth-order valence-corrected chi connectivity index (χ4v) is 2.90. The minimum absolute atomic E-state index is 0.156. The van der Waals surface area contributed by atoms with E-state index in [1.807, 2.05) is 26.1 Å². The molecule has 2 aromatic rings. The van der Waals surface area contributed by atoms with Gasteiger partial charge in [0.05, 0.1) is 0 Å². The van der Waals surface area contributed by atoms with Crippen LogP contribution in [0, 0.1) is 5.82 Å².